The zero-order valence-electron chi connectivity index (χ0n) is 10.5. The molecule has 1 saturated carbocycles. The molecular weight excluding hydrogens is 212 g/mol. The van der Waals surface area contributed by atoms with E-state index in [9.17, 15) is 4.79 Å². The van der Waals surface area contributed by atoms with Crippen molar-refractivity contribution in [3.8, 4) is 0 Å². The Morgan fingerprint density at radius 1 is 1.41 bits per heavy atom. The summed E-state index contributed by atoms with van der Waals surface area (Å²) in [6, 6.07) is 7.48. The van der Waals surface area contributed by atoms with Crippen molar-refractivity contribution in [1.82, 2.24) is 0 Å². The van der Waals surface area contributed by atoms with Crippen LogP contribution in [0.3, 0.4) is 0 Å². The van der Waals surface area contributed by atoms with E-state index >= 15 is 0 Å². The van der Waals surface area contributed by atoms with Gasteiger partial charge in [0.1, 0.15) is 0 Å². The van der Waals surface area contributed by atoms with E-state index in [4.69, 9.17) is 5.73 Å². The standard InChI is InChI=1S/C14H20N2O/c1-10-5-3-8-13(10)14(17)16(2)12-7-4-6-11(15)9-12/h4,6-7,9-10,13H,3,5,8,15H2,1-2H3. The van der Waals surface area contributed by atoms with E-state index < -0.39 is 0 Å². The third-order valence-electron chi connectivity index (χ3n) is 3.77. The lowest BCUT2D eigenvalue weighted by molar-refractivity contribution is -0.122. The maximum Gasteiger partial charge on any atom is 0.230 e. The minimum absolute atomic E-state index is 0.182. The van der Waals surface area contributed by atoms with Crippen molar-refractivity contribution in [1.29, 1.82) is 0 Å². The van der Waals surface area contributed by atoms with Gasteiger partial charge in [0, 0.05) is 24.3 Å². The molecule has 1 aliphatic rings. The maximum absolute atomic E-state index is 12.4. The number of carbonyl (C=O) groups is 1. The molecule has 0 heterocycles. The third kappa shape index (κ3) is 2.43. The normalized spacial score (nSPS) is 23.6. The Morgan fingerprint density at radius 2 is 2.18 bits per heavy atom. The van der Waals surface area contributed by atoms with Crippen LogP contribution in [0.2, 0.25) is 0 Å². The zero-order valence-corrected chi connectivity index (χ0v) is 10.5. The number of nitrogens with two attached hydrogens (primary N) is 1. The van der Waals surface area contributed by atoms with E-state index in [1.807, 2.05) is 31.3 Å². The summed E-state index contributed by atoms with van der Waals surface area (Å²) >= 11 is 0. The second-order valence-corrected chi connectivity index (χ2v) is 5.01. The van der Waals surface area contributed by atoms with Gasteiger partial charge in [0.05, 0.1) is 0 Å². The Labute approximate surface area is 103 Å². The predicted octanol–water partition coefficient (Wildman–Crippen LogP) is 2.67. The van der Waals surface area contributed by atoms with E-state index in [1.165, 1.54) is 12.8 Å². The highest BCUT2D eigenvalue weighted by Gasteiger charge is 2.31. The summed E-state index contributed by atoms with van der Waals surface area (Å²) in [5.41, 5.74) is 7.32. The molecule has 3 nitrogen and oxygen atoms in total. The van der Waals surface area contributed by atoms with Crippen LogP contribution in [0.1, 0.15) is 26.2 Å². The van der Waals surface area contributed by atoms with Gasteiger partial charge >= 0.3 is 0 Å². The van der Waals surface area contributed by atoms with E-state index in [-0.39, 0.29) is 11.8 Å². The number of hydrogen-bond acceptors (Lipinski definition) is 2. The number of carbonyl (C=O) groups excluding carboxylic acids is 1. The monoisotopic (exact) mass is 232 g/mol. The van der Waals surface area contributed by atoms with Crippen LogP contribution in [0.4, 0.5) is 11.4 Å². The van der Waals surface area contributed by atoms with E-state index in [0.717, 1.165) is 12.1 Å². The molecule has 92 valence electrons. The van der Waals surface area contributed by atoms with Gasteiger partial charge in [0.15, 0.2) is 0 Å². The number of amides is 1. The summed E-state index contributed by atoms with van der Waals surface area (Å²) in [5.74, 6) is 0.910. The highest BCUT2D eigenvalue weighted by atomic mass is 16.2. The molecule has 2 N–H and O–H groups in total. The van der Waals surface area contributed by atoms with Crippen molar-refractivity contribution >= 4 is 17.3 Å². The smallest absolute Gasteiger partial charge is 0.230 e. The first-order chi connectivity index (χ1) is 8.09. The first kappa shape index (κ1) is 12.0. The molecule has 2 unspecified atom stereocenters. The molecule has 3 heteroatoms. The molecule has 1 aliphatic carbocycles. The molecule has 0 bridgehead atoms. The summed E-state index contributed by atoms with van der Waals surface area (Å²) in [6.07, 6.45) is 3.36. The van der Waals surface area contributed by atoms with Crippen LogP contribution in [0.25, 0.3) is 0 Å². The van der Waals surface area contributed by atoms with Crippen LogP contribution in [-0.4, -0.2) is 13.0 Å². The molecule has 0 radical (unpaired) electrons. The molecule has 17 heavy (non-hydrogen) atoms. The highest BCUT2D eigenvalue weighted by Crippen LogP contribution is 2.33. The van der Waals surface area contributed by atoms with Crippen molar-refractivity contribution in [2.45, 2.75) is 26.2 Å². The number of anilines is 2. The van der Waals surface area contributed by atoms with Crippen molar-refractivity contribution in [3.63, 3.8) is 0 Å². The van der Waals surface area contributed by atoms with Crippen LogP contribution in [0, 0.1) is 11.8 Å². The van der Waals surface area contributed by atoms with Gasteiger partial charge in [-0.25, -0.2) is 0 Å². The quantitative estimate of drug-likeness (QED) is 0.797. The summed E-state index contributed by atoms with van der Waals surface area (Å²) in [4.78, 5) is 14.1. The molecule has 1 aromatic rings. The van der Waals surface area contributed by atoms with Crippen LogP contribution >= 0.6 is 0 Å². The average Bonchev–Trinajstić information content (AvgIpc) is 2.73. The van der Waals surface area contributed by atoms with Gasteiger partial charge in [-0.1, -0.05) is 19.4 Å². The van der Waals surface area contributed by atoms with E-state index in [0.29, 0.717) is 11.6 Å². The van der Waals surface area contributed by atoms with Gasteiger partial charge in [-0.05, 0) is 37.0 Å². The Morgan fingerprint density at radius 3 is 2.76 bits per heavy atom. The Bertz CT molecular complexity index is 416. The predicted molar refractivity (Wildman–Crippen MR) is 70.8 cm³/mol. The molecule has 0 spiro atoms. The first-order valence-electron chi connectivity index (χ1n) is 6.22. The number of benzene rings is 1. The molecule has 2 rings (SSSR count). The fourth-order valence-electron chi connectivity index (χ4n) is 2.62. The highest BCUT2D eigenvalue weighted by molar-refractivity contribution is 5.95. The van der Waals surface area contributed by atoms with Crippen LogP contribution in [0.15, 0.2) is 24.3 Å². The largest absolute Gasteiger partial charge is 0.399 e. The molecule has 2 atom stereocenters. The van der Waals surface area contributed by atoms with Gasteiger partial charge in [-0.2, -0.15) is 0 Å². The molecule has 1 aromatic carbocycles. The lowest BCUT2D eigenvalue weighted by atomic mass is 9.96. The summed E-state index contributed by atoms with van der Waals surface area (Å²) < 4.78 is 0. The fourth-order valence-corrected chi connectivity index (χ4v) is 2.62. The molecular formula is C14H20N2O. The Kier molecular flexibility index (Phi) is 3.36. The van der Waals surface area contributed by atoms with Crippen molar-refractivity contribution in [2.24, 2.45) is 11.8 Å². The molecule has 1 amide bonds. The topological polar surface area (TPSA) is 46.3 Å². The van der Waals surface area contributed by atoms with Crippen LogP contribution in [-0.2, 0) is 4.79 Å². The van der Waals surface area contributed by atoms with Gasteiger partial charge in [0.25, 0.3) is 0 Å². The maximum atomic E-state index is 12.4. The summed E-state index contributed by atoms with van der Waals surface area (Å²) in [5, 5.41) is 0. The summed E-state index contributed by atoms with van der Waals surface area (Å²) in [7, 11) is 1.84. The van der Waals surface area contributed by atoms with Crippen LogP contribution < -0.4 is 10.6 Å². The number of rotatable bonds is 2. The second-order valence-electron chi connectivity index (χ2n) is 5.01. The molecule has 0 saturated heterocycles. The zero-order chi connectivity index (χ0) is 12.4. The van der Waals surface area contributed by atoms with Crippen molar-refractivity contribution in [2.75, 3.05) is 17.7 Å². The minimum Gasteiger partial charge on any atom is -0.399 e. The SMILES string of the molecule is CC1CCCC1C(=O)N(C)c1cccc(N)c1. The fraction of sp³-hybridized carbons (Fsp3) is 0.500. The summed E-state index contributed by atoms with van der Waals surface area (Å²) in [6.45, 7) is 2.17. The van der Waals surface area contributed by atoms with Crippen molar-refractivity contribution in [3.05, 3.63) is 24.3 Å². The third-order valence-corrected chi connectivity index (χ3v) is 3.77. The number of nitrogen functional groups attached to an aromatic ring is 1. The average molecular weight is 232 g/mol. The molecule has 1 fully saturated rings. The van der Waals surface area contributed by atoms with Gasteiger partial charge < -0.3 is 10.6 Å². The number of hydrogen-bond donors (Lipinski definition) is 1. The second kappa shape index (κ2) is 4.78. The van der Waals surface area contributed by atoms with Gasteiger partial charge in [-0.15, -0.1) is 0 Å². The van der Waals surface area contributed by atoms with E-state index in [2.05, 4.69) is 6.92 Å². The minimum atomic E-state index is 0.182. The Balaban J connectivity index is 2.14. The number of nitrogens with zero attached hydrogens (tertiary/aromatic N) is 1. The van der Waals surface area contributed by atoms with Gasteiger partial charge in [-0.3, -0.25) is 4.79 Å². The lowest BCUT2D eigenvalue weighted by Crippen LogP contribution is -2.34. The van der Waals surface area contributed by atoms with E-state index in [1.54, 1.807) is 4.90 Å². The van der Waals surface area contributed by atoms with Crippen molar-refractivity contribution < 1.29 is 4.79 Å². The van der Waals surface area contributed by atoms with Gasteiger partial charge in [0.2, 0.25) is 5.91 Å². The van der Waals surface area contributed by atoms with Crippen LogP contribution in [0.5, 0.6) is 0 Å². The Hall–Kier alpha value is -1.51. The molecule has 0 aliphatic heterocycles. The molecule has 0 aromatic heterocycles. The lowest BCUT2D eigenvalue weighted by Gasteiger charge is -2.23. The first-order valence-corrected chi connectivity index (χ1v) is 6.22.